The fraction of sp³-hybridized carbons (Fsp3) is 0.565. The molecule has 1 aromatic rings. The van der Waals surface area contributed by atoms with E-state index in [2.05, 4.69) is 16.0 Å². The summed E-state index contributed by atoms with van der Waals surface area (Å²) in [5.74, 6) is -1.23. The first kappa shape index (κ1) is 22.8. The van der Waals surface area contributed by atoms with Crippen molar-refractivity contribution in [3.05, 3.63) is 35.9 Å². The smallest absolute Gasteiger partial charge is 0.245 e. The molecule has 4 unspecified atom stereocenters. The normalized spacial score (nSPS) is 27.7. The molecule has 3 N–H and O–H groups in total. The lowest BCUT2D eigenvalue weighted by atomic mass is 10.00. The van der Waals surface area contributed by atoms with E-state index in [0.717, 1.165) is 5.56 Å². The Kier molecular flexibility index (Phi) is 7.30. The van der Waals surface area contributed by atoms with Gasteiger partial charge >= 0.3 is 0 Å². The van der Waals surface area contributed by atoms with Crippen LogP contribution in [-0.4, -0.2) is 59.2 Å². The van der Waals surface area contributed by atoms with Crippen LogP contribution >= 0.6 is 0 Å². The van der Waals surface area contributed by atoms with E-state index < -0.39 is 36.0 Å². The van der Waals surface area contributed by atoms with Crippen molar-refractivity contribution >= 4 is 23.6 Å². The van der Waals surface area contributed by atoms with Crippen LogP contribution in [-0.2, 0) is 25.6 Å². The quantitative estimate of drug-likeness (QED) is 0.658. The van der Waals surface area contributed by atoms with Gasteiger partial charge in [-0.15, -0.1) is 0 Å². The predicted octanol–water partition coefficient (Wildman–Crippen LogP) is 0.754. The lowest BCUT2D eigenvalue weighted by Crippen LogP contribution is -2.61. The summed E-state index contributed by atoms with van der Waals surface area (Å²) < 4.78 is 0. The Bertz CT molecular complexity index is 826. The SMILES string of the molecule is CC(C)CC1NC(=O)C(Cc2ccccc2)NC(=O)C(C)NC(=O)C2CCCN2C1=O. The molecule has 8 nitrogen and oxygen atoms in total. The number of carbonyl (C=O) groups excluding carboxylic acids is 4. The molecule has 0 saturated carbocycles. The van der Waals surface area contributed by atoms with E-state index in [4.69, 9.17) is 0 Å². The number of hydrogen-bond acceptors (Lipinski definition) is 4. The summed E-state index contributed by atoms with van der Waals surface area (Å²) in [5, 5.41) is 8.35. The minimum absolute atomic E-state index is 0.166. The number of amides is 4. The minimum Gasteiger partial charge on any atom is -0.343 e. The molecule has 2 aliphatic heterocycles. The molecule has 0 aromatic heterocycles. The van der Waals surface area contributed by atoms with Crippen molar-refractivity contribution in [2.45, 2.75) is 70.6 Å². The Morgan fingerprint density at radius 3 is 2.29 bits per heavy atom. The van der Waals surface area contributed by atoms with Crippen LogP contribution in [0.2, 0.25) is 0 Å². The molecule has 0 spiro atoms. The molecular weight excluding hydrogens is 396 g/mol. The van der Waals surface area contributed by atoms with Crippen molar-refractivity contribution in [2.24, 2.45) is 5.92 Å². The zero-order valence-electron chi connectivity index (χ0n) is 18.4. The summed E-state index contributed by atoms with van der Waals surface area (Å²) in [6.07, 6.45) is 2.00. The van der Waals surface area contributed by atoms with Crippen LogP contribution in [0.25, 0.3) is 0 Å². The zero-order valence-corrected chi connectivity index (χ0v) is 18.4. The van der Waals surface area contributed by atoms with Gasteiger partial charge in [0.25, 0.3) is 0 Å². The summed E-state index contributed by atoms with van der Waals surface area (Å²) in [7, 11) is 0. The second-order valence-corrected chi connectivity index (χ2v) is 8.86. The third kappa shape index (κ3) is 5.62. The number of nitrogens with zero attached hydrogens (tertiary/aromatic N) is 1. The maximum Gasteiger partial charge on any atom is 0.245 e. The number of fused-ring (bicyclic) bond motifs is 1. The number of carbonyl (C=O) groups is 4. The lowest BCUT2D eigenvalue weighted by Gasteiger charge is -2.32. The maximum absolute atomic E-state index is 13.3. The van der Waals surface area contributed by atoms with Crippen molar-refractivity contribution < 1.29 is 19.2 Å². The zero-order chi connectivity index (χ0) is 22.5. The molecule has 2 heterocycles. The highest BCUT2D eigenvalue weighted by molar-refractivity contribution is 5.97. The van der Waals surface area contributed by atoms with Crippen LogP contribution < -0.4 is 16.0 Å². The fourth-order valence-electron chi connectivity index (χ4n) is 4.20. The molecular formula is C23H32N4O4. The Labute approximate surface area is 183 Å². The van der Waals surface area contributed by atoms with Crippen LogP contribution in [0.5, 0.6) is 0 Å². The van der Waals surface area contributed by atoms with E-state index in [1.165, 1.54) is 0 Å². The molecule has 1 aromatic carbocycles. The van der Waals surface area contributed by atoms with E-state index in [-0.39, 0.29) is 24.2 Å². The van der Waals surface area contributed by atoms with Gasteiger partial charge in [-0.3, -0.25) is 19.2 Å². The summed E-state index contributed by atoms with van der Waals surface area (Å²) in [4.78, 5) is 53.6. The largest absolute Gasteiger partial charge is 0.343 e. The highest BCUT2D eigenvalue weighted by Gasteiger charge is 2.40. The van der Waals surface area contributed by atoms with Gasteiger partial charge in [0, 0.05) is 13.0 Å². The van der Waals surface area contributed by atoms with Crippen LogP contribution in [0.1, 0.15) is 45.6 Å². The van der Waals surface area contributed by atoms with Gasteiger partial charge in [0.1, 0.15) is 24.2 Å². The number of rotatable bonds is 4. The second kappa shape index (κ2) is 9.94. The summed E-state index contributed by atoms with van der Waals surface area (Å²) in [6, 6.07) is 6.34. The third-order valence-corrected chi connectivity index (χ3v) is 5.83. The van der Waals surface area contributed by atoms with Crippen LogP contribution in [0, 0.1) is 5.92 Å². The van der Waals surface area contributed by atoms with Gasteiger partial charge in [0.05, 0.1) is 0 Å². The summed E-state index contributed by atoms with van der Waals surface area (Å²) >= 11 is 0. The van der Waals surface area contributed by atoms with Gasteiger partial charge in [-0.05, 0) is 37.7 Å². The Morgan fingerprint density at radius 1 is 0.935 bits per heavy atom. The number of benzene rings is 1. The highest BCUT2D eigenvalue weighted by atomic mass is 16.2. The molecule has 31 heavy (non-hydrogen) atoms. The topological polar surface area (TPSA) is 108 Å². The van der Waals surface area contributed by atoms with Crippen molar-refractivity contribution in [3.63, 3.8) is 0 Å². The molecule has 4 atom stereocenters. The summed E-state index contributed by atoms with van der Waals surface area (Å²) in [6.45, 7) is 6.01. The Hall–Kier alpha value is -2.90. The van der Waals surface area contributed by atoms with Gasteiger partial charge in [0.15, 0.2) is 0 Å². The van der Waals surface area contributed by atoms with Crippen molar-refractivity contribution in [2.75, 3.05) is 6.54 Å². The van der Waals surface area contributed by atoms with E-state index in [1.807, 2.05) is 44.2 Å². The molecule has 0 radical (unpaired) electrons. The van der Waals surface area contributed by atoms with Gasteiger partial charge in [-0.25, -0.2) is 0 Å². The summed E-state index contributed by atoms with van der Waals surface area (Å²) in [5.41, 5.74) is 0.887. The highest BCUT2D eigenvalue weighted by Crippen LogP contribution is 2.21. The van der Waals surface area contributed by atoms with Crippen LogP contribution in [0.3, 0.4) is 0 Å². The van der Waals surface area contributed by atoms with Crippen LogP contribution in [0.15, 0.2) is 30.3 Å². The van der Waals surface area contributed by atoms with Crippen molar-refractivity contribution in [1.29, 1.82) is 0 Å². The first-order valence-electron chi connectivity index (χ1n) is 11.0. The molecule has 0 aliphatic carbocycles. The van der Waals surface area contributed by atoms with E-state index >= 15 is 0 Å². The van der Waals surface area contributed by atoms with E-state index in [0.29, 0.717) is 25.8 Å². The van der Waals surface area contributed by atoms with Crippen molar-refractivity contribution in [3.8, 4) is 0 Å². The maximum atomic E-state index is 13.3. The molecule has 2 saturated heterocycles. The number of hydrogen-bond donors (Lipinski definition) is 3. The second-order valence-electron chi connectivity index (χ2n) is 8.86. The van der Waals surface area contributed by atoms with Gasteiger partial charge in [-0.2, -0.15) is 0 Å². The monoisotopic (exact) mass is 428 g/mol. The molecule has 4 amide bonds. The van der Waals surface area contributed by atoms with Crippen molar-refractivity contribution in [1.82, 2.24) is 20.9 Å². The molecule has 2 fully saturated rings. The van der Waals surface area contributed by atoms with E-state index in [1.54, 1.807) is 11.8 Å². The van der Waals surface area contributed by atoms with Gasteiger partial charge in [0.2, 0.25) is 23.6 Å². The standard InChI is InChI=1S/C23H32N4O4/c1-14(2)12-18-23(31)27-11-7-10-19(27)22(30)24-15(3)20(28)25-17(21(29)26-18)13-16-8-5-4-6-9-16/h4-6,8-9,14-15,17-19H,7,10-13H2,1-3H3,(H,24,30)(H,25,28)(H,26,29). The molecule has 2 aliphatic rings. The van der Waals surface area contributed by atoms with Crippen LogP contribution in [0.4, 0.5) is 0 Å². The Balaban J connectivity index is 1.91. The first-order valence-corrected chi connectivity index (χ1v) is 11.0. The van der Waals surface area contributed by atoms with Gasteiger partial charge < -0.3 is 20.9 Å². The molecule has 168 valence electrons. The third-order valence-electron chi connectivity index (χ3n) is 5.83. The average molecular weight is 429 g/mol. The molecule has 3 rings (SSSR count). The molecule has 8 heteroatoms. The minimum atomic E-state index is -0.856. The fourth-order valence-corrected chi connectivity index (χ4v) is 4.20. The van der Waals surface area contributed by atoms with E-state index in [9.17, 15) is 19.2 Å². The Morgan fingerprint density at radius 2 is 1.61 bits per heavy atom. The van der Waals surface area contributed by atoms with Gasteiger partial charge in [-0.1, -0.05) is 44.2 Å². The predicted molar refractivity (Wildman–Crippen MR) is 116 cm³/mol. The lowest BCUT2D eigenvalue weighted by molar-refractivity contribution is -0.143. The first-order chi connectivity index (χ1) is 14.8. The average Bonchev–Trinajstić information content (AvgIpc) is 3.22. The molecule has 0 bridgehead atoms. The number of nitrogens with one attached hydrogen (secondary N) is 3.